The number of hydrogen-bond donors (Lipinski definition) is 4. The smallest absolute Gasteiger partial charge is 0.296 e. The first-order valence-corrected chi connectivity index (χ1v) is 16.9. The quantitative estimate of drug-likeness (QED) is 0.108. The number of ether oxygens (including phenoxy) is 2. The highest BCUT2D eigenvalue weighted by Crippen LogP contribution is 2.37. The van der Waals surface area contributed by atoms with Gasteiger partial charge in [-0.2, -0.15) is 21.9 Å². The fourth-order valence-electron chi connectivity index (χ4n) is 4.99. The van der Waals surface area contributed by atoms with Crippen LogP contribution >= 0.6 is 11.3 Å². The first kappa shape index (κ1) is 31.0. The number of nitrogens with one attached hydrogen (secondary N) is 2. The van der Waals surface area contributed by atoms with E-state index in [9.17, 15) is 30.7 Å². The Bertz CT molecular complexity index is 1900. The highest BCUT2D eigenvalue weighted by atomic mass is 32.2. The normalized spacial score (nSPS) is 20.9. The van der Waals surface area contributed by atoms with Gasteiger partial charge in [0.15, 0.2) is 18.1 Å². The topological polar surface area (TPSA) is 197 Å². The summed E-state index contributed by atoms with van der Waals surface area (Å²) in [5, 5.41) is 8.12. The van der Waals surface area contributed by atoms with Gasteiger partial charge >= 0.3 is 0 Å². The number of carbonyl (C=O) groups is 1. The summed E-state index contributed by atoms with van der Waals surface area (Å²) in [4.78, 5) is 16.6. The monoisotopic (exact) mass is 650 g/mol. The molecule has 2 aromatic carbocycles. The highest BCUT2D eigenvalue weighted by molar-refractivity contribution is 7.86. The number of Topliss-reactive ketones (excluding diaryl/α,β-unsaturated/α-hetero) is 1. The summed E-state index contributed by atoms with van der Waals surface area (Å²) < 4.78 is 77.7. The van der Waals surface area contributed by atoms with Crippen LogP contribution < -0.4 is 15.5 Å². The molecule has 1 aliphatic carbocycles. The molecule has 3 atom stereocenters. The number of nitrogens with zero attached hydrogens (tertiary/aromatic N) is 2. The molecular weight excluding hydrogens is 621 g/mol. The molecule has 0 amide bonds. The van der Waals surface area contributed by atoms with Crippen molar-refractivity contribution in [2.24, 2.45) is 5.10 Å². The molecule has 43 heavy (non-hydrogen) atoms. The summed E-state index contributed by atoms with van der Waals surface area (Å²) in [6.45, 7) is 4.55. The summed E-state index contributed by atoms with van der Waals surface area (Å²) in [5.41, 5.74) is 5.91. The number of anilines is 1. The van der Waals surface area contributed by atoms with E-state index in [0.29, 0.717) is 51.3 Å². The zero-order valence-electron chi connectivity index (χ0n) is 23.6. The number of aromatic nitrogens is 1. The molecule has 16 heteroatoms. The third-order valence-electron chi connectivity index (χ3n) is 7.21. The van der Waals surface area contributed by atoms with Crippen LogP contribution in [0.15, 0.2) is 45.2 Å². The molecule has 1 saturated heterocycles. The number of hydrogen-bond acceptors (Lipinski definition) is 12. The summed E-state index contributed by atoms with van der Waals surface area (Å²) in [6.07, 6.45) is 2.67. The van der Waals surface area contributed by atoms with Gasteiger partial charge in [0.2, 0.25) is 0 Å². The van der Waals surface area contributed by atoms with E-state index in [2.05, 4.69) is 20.8 Å². The van der Waals surface area contributed by atoms with Crippen molar-refractivity contribution < 1.29 is 40.2 Å². The third kappa shape index (κ3) is 6.58. The second-order valence-electron chi connectivity index (χ2n) is 10.4. The minimum atomic E-state index is -4.43. The maximum absolute atomic E-state index is 12.4. The van der Waals surface area contributed by atoms with E-state index < -0.39 is 32.6 Å². The van der Waals surface area contributed by atoms with E-state index in [0.717, 1.165) is 5.57 Å². The molecule has 0 spiro atoms. The minimum Gasteiger partial charge on any atom is -0.495 e. The number of allylic oxidation sites excluding steroid dienone is 1. The summed E-state index contributed by atoms with van der Waals surface area (Å²) in [5.74, 6) is -0.104. The highest BCUT2D eigenvalue weighted by Gasteiger charge is 2.45. The Kier molecular flexibility index (Phi) is 8.36. The molecule has 1 fully saturated rings. The number of epoxide rings is 1. The summed E-state index contributed by atoms with van der Waals surface area (Å²) in [7, 11) is -7.47. The largest absolute Gasteiger partial charge is 0.495 e. The molecule has 0 saturated carbocycles. The van der Waals surface area contributed by atoms with Crippen LogP contribution in [0, 0.1) is 13.8 Å². The Hall–Kier alpha value is -3.41. The van der Waals surface area contributed by atoms with Gasteiger partial charge in [-0.05, 0) is 61.9 Å². The van der Waals surface area contributed by atoms with Gasteiger partial charge in [0.05, 0.1) is 23.0 Å². The molecule has 0 bridgehead atoms. The average molecular weight is 651 g/mol. The lowest BCUT2D eigenvalue weighted by Crippen LogP contribution is -2.31. The Morgan fingerprint density at radius 2 is 1.88 bits per heavy atom. The molecule has 3 unspecified atom stereocenters. The lowest BCUT2D eigenvalue weighted by Gasteiger charge is -2.21. The predicted octanol–water partition coefficient (Wildman–Crippen LogP) is 3.72. The Labute approximate surface area is 252 Å². The summed E-state index contributed by atoms with van der Waals surface area (Å²) >= 11 is 1.23. The fourth-order valence-corrected chi connectivity index (χ4v) is 8.09. The molecule has 1 aromatic heterocycles. The Balaban J connectivity index is 1.26. The van der Waals surface area contributed by atoms with Gasteiger partial charge in [0.1, 0.15) is 26.3 Å². The first-order valence-electron chi connectivity index (χ1n) is 13.2. The van der Waals surface area contributed by atoms with Crippen LogP contribution in [-0.2, 0) is 29.8 Å². The number of carbonyl (C=O) groups excluding carboxylic acids is 1. The number of benzene rings is 2. The van der Waals surface area contributed by atoms with Gasteiger partial charge in [-0.25, -0.2) is 4.98 Å². The van der Waals surface area contributed by atoms with E-state index >= 15 is 0 Å². The van der Waals surface area contributed by atoms with Crippen molar-refractivity contribution in [3.05, 3.63) is 46.5 Å². The molecule has 3 aromatic rings. The maximum atomic E-state index is 12.4. The van der Waals surface area contributed by atoms with Crippen LogP contribution in [0.3, 0.4) is 0 Å². The van der Waals surface area contributed by atoms with Gasteiger partial charge in [0.25, 0.3) is 20.2 Å². The molecule has 1 aliphatic heterocycles. The van der Waals surface area contributed by atoms with E-state index in [1.807, 2.05) is 6.08 Å². The van der Waals surface area contributed by atoms with E-state index in [1.54, 1.807) is 19.1 Å². The van der Waals surface area contributed by atoms with E-state index in [4.69, 9.17) is 9.47 Å². The van der Waals surface area contributed by atoms with E-state index in [1.165, 1.54) is 44.4 Å². The predicted molar refractivity (Wildman–Crippen MR) is 161 cm³/mol. The SMILES string of the molecule is COc1cc(S(=O)(=O)O)c(C)cc1NC1OC1C(=NNC1CC=C(c2nc3ccc(C)c(S(=O)(=O)O)c3s2)CC1)C(C)=O. The van der Waals surface area contributed by atoms with Crippen molar-refractivity contribution in [2.45, 2.75) is 68.2 Å². The Morgan fingerprint density at radius 3 is 2.49 bits per heavy atom. The van der Waals surface area contributed by atoms with E-state index in [-0.39, 0.29) is 33.1 Å². The van der Waals surface area contributed by atoms with Crippen molar-refractivity contribution in [1.82, 2.24) is 10.4 Å². The molecule has 2 aliphatic rings. The van der Waals surface area contributed by atoms with Gasteiger partial charge in [-0.15, -0.1) is 11.3 Å². The fraction of sp³-hybridized carbons (Fsp3) is 0.370. The molecule has 5 rings (SSSR count). The molecular formula is C27H30N4O9S3. The zero-order chi connectivity index (χ0) is 31.3. The number of ketones is 1. The first-order chi connectivity index (χ1) is 20.2. The van der Waals surface area contributed by atoms with Gasteiger partial charge in [0, 0.05) is 19.0 Å². The Morgan fingerprint density at radius 1 is 1.14 bits per heavy atom. The second kappa shape index (κ2) is 11.6. The molecule has 0 radical (unpaired) electrons. The van der Waals surface area contributed by atoms with Crippen LogP contribution in [0.25, 0.3) is 15.8 Å². The van der Waals surface area contributed by atoms with Crippen molar-refractivity contribution >= 4 is 64.5 Å². The third-order valence-corrected chi connectivity index (χ3v) is 10.5. The van der Waals surface area contributed by atoms with Gasteiger partial charge in [-0.1, -0.05) is 12.1 Å². The standard InChI is InChI=1S/C27H30N4O9S3/c1-13-5-10-18-24(25(13)43(36,37)38)41-27(29-18)16-6-8-17(9-7-16)30-31-22(15(3)32)23-26(40-23)28-19-11-14(2)21(42(33,34)35)12-20(19)39-4/h5-6,10-12,17,23,26,28,30H,7-9H2,1-4H3,(H,33,34,35)(H,36,37,38). The lowest BCUT2D eigenvalue weighted by atomic mass is 9.96. The maximum Gasteiger partial charge on any atom is 0.296 e. The minimum absolute atomic E-state index is 0.0658. The van der Waals surface area contributed by atoms with Crippen LogP contribution in [0.5, 0.6) is 5.75 Å². The van der Waals surface area contributed by atoms with Crippen molar-refractivity contribution in [3.8, 4) is 5.75 Å². The van der Waals surface area contributed by atoms with Crippen molar-refractivity contribution in [3.63, 3.8) is 0 Å². The number of methoxy groups -OCH3 is 1. The van der Waals surface area contributed by atoms with Crippen LogP contribution in [0.4, 0.5) is 5.69 Å². The van der Waals surface area contributed by atoms with Gasteiger partial charge < -0.3 is 20.2 Å². The van der Waals surface area contributed by atoms with Gasteiger partial charge in [-0.3, -0.25) is 13.9 Å². The van der Waals surface area contributed by atoms with Crippen LogP contribution in [0.2, 0.25) is 0 Å². The number of rotatable bonds is 10. The molecule has 2 heterocycles. The molecule has 4 N–H and O–H groups in total. The molecule has 230 valence electrons. The number of fused-ring (bicyclic) bond motifs is 1. The summed E-state index contributed by atoms with van der Waals surface area (Å²) in [6, 6.07) is 6.00. The second-order valence-corrected chi connectivity index (χ2v) is 14.1. The lowest BCUT2D eigenvalue weighted by molar-refractivity contribution is -0.111. The van der Waals surface area contributed by atoms with Crippen LogP contribution in [0.1, 0.15) is 42.3 Å². The number of thiazole rings is 1. The number of aryl methyl sites for hydroxylation is 2. The number of hydrazone groups is 1. The van der Waals surface area contributed by atoms with Crippen molar-refractivity contribution in [2.75, 3.05) is 12.4 Å². The average Bonchev–Trinajstić information content (AvgIpc) is 3.52. The van der Waals surface area contributed by atoms with Crippen LogP contribution in [-0.4, -0.2) is 67.9 Å². The van der Waals surface area contributed by atoms with Crippen molar-refractivity contribution in [1.29, 1.82) is 0 Å². The zero-order valence-corrected chi connectivity index (χ0v) is 26.1. The molecule has 13 nitrogen and oxygen atoms in total.